The Labute approximate surface area is 152 Å². The Balaban J connectivity index is 1.45. The molecule has 6 nitrogen and oxygen atoms in total. The van der Waals surface area contributed by atoms with Gasteiger partial charge < -0.3 is 10.0 Å². The van der Waals surface area contributed by atoms with Crippen LogP contribution in [0.25, 0.3) is 0 Å². The molecule has 136 valence electrons. The molecule has 2 heterocycles. The van der Waals surface area contributed by atoms with Crippen molar-refractivity contribution in [3.63, 3.8) is 0 Å². The molecule has 1 saturated heterocycles. The van der Waals surface area contributed by atoms with Crippen molar-refractivity contribution < 1.29 is 14.7 Å². The summed E-state index contributed by atoms with van der Waals surface area (Å²) in [5.41, 5.74) is 1.57. The van der Waals surface area contributed by atoms with Gasteiger partial charge in [-0.3, -0.25) is 9.48 Å². The van der Waals surface area contributed by atoms with Crippen molar-refractivity contribution >= 4 is 11.9 Å². The first-order chi connectivity index (χ1) is 12.6. The normalized spacial score (nSPS) is 21.8. The van der Waals surface area contributed by atoms with Crippen molar-refractivity contribution in [2.45, 2.75) is 37.6 Å². The van der Waals surface area contributed by atoms with Crippen LogP contribution in [-0.4, -0.2) is 44.8 Å². The number of aromatic nitrogens is 2. The van der Waals surface area contributed by atoms with Crippen molar-refractivity contribution in [3.8, 4) is 0 Å². The summed E-state index contributed by atoms with van der Waals surface area (Å²) in [4.78, 5) is 26.8. The summed E-state index contributed by atoms with van der Waals surface area (Å²) in [6.45, 7) is 0.923. The predicted molar refractivity (Wildman–Crippen MR) is 95.6 cm³/mol. The molecule has 2 aliphatic rings. The Hall–Kier alpha value is -2.63. The fraction of sp³-hybridized carbons (Fsp3) is 0.450. The molecule has 26 heavy (non-hydrogen) atoms. The maximum absolute atomic E-state index is 13.0. The molecule has 1 N–H and O–H groups in total. The van der Waals surface area contributed by atoms with Crippen LogP contribution in [0.15, 0.2) is 42.7 Å². The largest absolute Gasteiger partial charge is 0.479 e. The number of hydrogen-bond donors (Lipinski definition) is 1. The van der Waals surface area contributed by atoms with Crippen LogP contribution in [0, 0.1) is 5.92 Å². The van der Waals surface area contributed by atoms with Gasteiger partial charge in [0.25, 0.3) is 0 Å². The van der Waals surface area contributed by atoms with Gasteiger partial charge in [0.15, 0.2) is 5.54 Å². The Morgan fingerprint density at radius 3 is 2.50 bits per heavy atom. The lowest BCUT2D eigenvalue weighted by Gasteiger charge is -2.40. The molecule has 1 aromatic heterocycles. The van der Waals surface area contributed by atoms with E-state index in [1.54, 1.807) is 18.5 Å². The van der Waals surface area contributed by atoms with E-state index in [4.69, 9.17) is 0 Å². The Morgan fingerprint density at radius 1 is 1.12 bits per heavy atom. The number of carboxylic acid groups (broad SMARTS) is 1. The molecule has 6 heteroatoms. The van der Waals surface area contributed by atoms with E-state index in [1.807, 2.05) is 17.0 Å². The fourth-order valence-electron chi connectivity index (χ4n) is 4.33. The predicted octanol–water partition coefficient (Wildman–Crippen LogP) is 2.09. The maximum atomic E-state index is 13.0. The van der Waals surface area contributed by atoms with Crippen LogP contribution in [0.3, 0.4) is 0 Å². The van der Waals surface area contributed by atoms with Gasteiger partial charge in [-0.15, -0.1) is 0 Å². The van der Waals surface area contributed by atoms with Gasteiger partial charge in [0, 0.05) is 44.2 Å². The highest BCUT2D eigenvalue weighted by atomic mass is 16.4. The van der Waals surface area contributed by atoms with Crippen molar-refractivity contribution in [3.05, 3.63) is 53.9 Å². The van der Waals surface area contributed by atoms with Gasteiger partial charge in [-0.2, -0.15) is 5.10 Å². The number of fused-ring (bicyclic) bond motifs is 1. The molecule has 1 aliphatic carbocycles. The molecule has 0 radical (unpaired) electrons. The van der Waals surface area contributed by atoms with Gasteiger partial charge in [0.05, 0.1) is 0 Å². The number of aryl methyl sites for hydroxylation is 1. The summed E-state index contributed by atoms with van der Waals surface area (Å²) >= 11 is 0. The van der Waals surface area contributed by atoms with E-state index in [-0.39, 0.29) is 11.8 Å². The second-order valence-corrected chi connectivity index (χ2v) is 7.32. The summed E-state index contributed by atoms with van der Waals surface area (Å²) in [7, 11) is 0. The lowest BCUT2D eigenvalue weighted by molar-refractivity contribution is -0.154. The van der Waals surface area contributed by atoms with E-state index in [0.717, 1.165) is 19.3 Å². The number of aliphatic carboxylic acids is 1. The number of piperidine rings is 1. The third kappa shape index (κ3) is 2.79. The van der Waals surface area contributed by atoms with Crippen molar-refractivity contribution in [1.82, 2.24) is 14.7 Å². The third-order valence-electron chi connectivity index (χ3n) is 5.94. The van der Waals surface area contributed by atoms with Crippen LogP contribution >= 0.6 is 0 Å². The first-order valence-electron chi connectivity index (χ1n) is 9.19. The van der Waals surface area contributed by atoms with Crippen LogP contribution in [-0.2, 0) is 28.0 Å². The van der Waals surface area contributed by atoms with E-state index < -0.39 is 11.5 Å². The van der Waals surface area contributed by atoms with Gasteiger partial charge in [0.2, 0.25) is 5.91 Å². The lowest BCUT2D eigenvalue weighted by atomic mass is 9.82. The summed E-state index contributed by atoms with van der Waals surface area (Å²) in [5.74, 6) is -0.703. The highest BCUT2D eigenvalue weighted by Crippen LogP contribution is 2.32. The zero-order chi connectivity index (χ0) is 18.1. The van der Waals surface area contributed by atoms with Gasteiger partial charge in [0.1, 0.15) is 0 Å². The van der Waals surface area contributed by atoms with Crippen LogP contribution in [0.2, 0.25) is 0 Å². The molecule has 0 spiro atoms. The Bertz CT molecular complexity index is 807. The average Bonchev–Trinajstić information content (AvgIpc) is 3.22. The second-order valence-electron chi connectivity index (χ2n) is 7.32. The number of rotatable bonds is 3. The van der Waals surface area contributed by atoms with Gasteiger partial charge in [-0.05, 0) is 36.5 Å². The van der Waals surface area contributed by atoms with E-state index >= 15 is 0 Å². The minimum atomic E-state index is -1.04. The number of benzene rings is 1. The minimum Gasteiger partial charge on any atom is -0.479 e. The molecule has 1 fully saturated rings. The van der Waals surface area contributed by atoms with Crippen molar-refractivity contribution in [2.75, 3.05) is 13.1 Å². The van der Waals surface area contributed by atoms with Crippen LogP contribution in [0.5, 0.6) is 0 Å². The summed E-state index contributed by atoms with van der Waals surface area (Å²) < 4.78 is 1.54. The number of carboxylic acids is 1. The molecular weight excluding hydrogens is 330 g/mol. The number of carbonyl (C=O) groups excluding carboxylic acids is 1. The maximum Gasteiger partial charge on any atom is 0.331 e. The molecule has 0 bridgehead atoms. The fourth-order valence-corrected chi connectivity index (χ4v) is 4.33. The van der Waals surface area contributed by atoms with E-state index in [2.05, 4.69) is 17.2 Å². The highest BCUT2D eigenvalue weighted by Gasteiger charge is 2.45. The van der Waals surface area contributed by atoms with Gasteiger partial charge in [-0.1, -0.05) is 24.3 Å². The average molecular weight is 353 g/mol. The molecule has 1 aliphatic heterocycles. The van der Waals surface area contributed by atoms with Gasteiger partial charge >= 0.3 is 5.97 Å². The molecule has 1 atom stereocenters. The zero-order valence-electron chi connectivity index (χ0n) is 14.7. The number of likely N-dealkylation sites (tertiary alicyclic amines) is 1. The van der Waals surface area contributed by atoms with E-state index in [9.17, 15) is 14.7 Å². The topological polar surface area (TPSA) is 75.4 Å². The van der Waals surface area contributed by atoms with Crippen LogP contribution in [0.1, 0.15) is 30.4 Å². The number of amides is 1. The summed E-state index contributed by atoms with van der Waals surface area (Å²) in [5, 5.41) is 13.9. The van der Waals surface area contributed by atoms with Crippen molar-refractivity contribution in [2.24, 2.45) is 5.92 Å². The first-order valence-corrected chi connectivity index (χ1v) is 9.19. The van der Waals surface area contributed by atoms with E-state index in [1.165, 1.54) is 15.8 Å². The van der Waals surface area contributed by atoms with Gasteiger partial charge in [-0.25, -0.2) is 4.79 Å². The minimum absolute atomic E-state index is 0.00642. The van der Waals surface area contributed by atoms with Crippen LogP contribution < -0.4 is 0 Å². The molecule has 1 amide bonds. The number of carbonyl (C=O) groups is 2. The third-order valence-corrected chi connectivity index (χ3v) is 5.94. The Kier molecular flexibility index (Phi) is 4.26. The molecular formula is C20H23N3O3. The Morgan fingerprint density at radius 2 is 1.85 bits per heavy atom. The monoisotopic (exact) mass is 353 g/mol. The van der Waals surface area contributed by atoms with Crippen molar-refractivity contribution in [1.29, 1.82) is 0 Å². The molecule has 2 aromatic rings. The number of hydrogen-bond acceptors (Lipinski definition) is 3. The standard InChI is InChI=1S/C20H23N3O3/c24-18(17-7-6-15-4-1-2-5-16(15)14-17)22-12-8-20(9-13-22,19(25)26)23-11-3-10-21-23/h1-5,10-11,17H,6-9,12-14H2,(H,25,26). The summed E-state index contributed by atoms with van der Waals surface area (Å²) in [6.07, 6.45) is 6.67. The number of nitrogens with zero attached hydrogens (tertiary/aromatic N) is 3. The molecule has 4 rings (SSSR count). The quantitative estimate of drug-likeness (QED) is 0.917. The smallest absolute Gasteiger partial charge is 0.331 e. The zero-order valence-corrected chi connectivity index (χ0v) is 14.7. The molecule has 1 unspecified atom stereocenters. The summed E-state index contributed by atoms with van der Waals surface area (Å²) in [6, 6.07) is 10.1. The highest BCUT2D eigenvalue weighted by molar-refractivity contribution is 5.81. The first kappa shape index (κ1) is 16.8. The van der Waals surface area contributed by atoms with E-state index in [0.29, 0.717) is 25.9 Å². The second kappa shape index (κ2) is 6.59. The molecule has 0 saturated carbocycles. The lowest BCUT2D eigenvalue weighted by Crippen LogP contribution is -2.53. The SMILES string of the molecule is O=C(C1CCc2ccccc2C1)N1CCC(C(=O)O)(n2cccn2)CC1. The van der Waals surface area contributed by atoms with Crippen LogP contribution in [0.4, 0.5) is 0 Å². The molecule has 1 aromatic carbocycles.